The van der Waals surface area contributed by atoms with Crippen LogP contribution in [0.2, 0.25) is 0 Å². The lowest BCUT2D eigenvalue weighted by atomic mass is 10.2. The van der Waals surface area contributed by atoms with Gasteiger partial charge in [-0.15, -0.1) is 0 Å². The van der Waals surface area contributed by atoms with Crippen LogP contribution < -0.4 is 15.4 Å². The summed E-state index contributed by atoms with van der Waals surface area (Å²) in [6, 6.07) is 9.26. The SMILES string of the molecule is [2H]C([2H])([2H])Oc1cc(F)cc(N(CCN)c2ccc3ncc(-c4cnn(C)c4)nc3c2)c1. The molecule has 0 saturated carbocycles. The van der Waals surface area contributed by atoms with E-state index >= 15 is 0 Å². The molecule has 148 valence electrons. The zero-order valence-electron chi connectivity index (χ0n) is 18.7. The number of ether oxygens (including phenoxy) is 1. The van der Waals surface area contributed by atoms with E-state index in [1.54, 1.807) is 22.0 Å². The van der Waals surface area contributed by atoms with Crippen LogP contribution in [0, 0.1) is 5.82 Å². The van der Waals surface area contributed by atoms with Gasteiger partial charge >= 0.3 is 0 Å². The van der Waals surface area contributed by atoms with Gasteiger partial charge < -0.3 is 15.4 Å². The molecule has 0 saturated heterocycles. The second kappa shape index (κ2) is 7.84. The third kappa shape index (κ3) is 3.88. The number of benzene rings is 2. The molecule has 2 aromatic heterocycles. The lowest BCUT2D eigenvalue weighted by molar-refractivity contribution is 0.411. The Morgan fingerprint density at radius 3 is 2.83 bits per heavy atom. The summed E-state index contributed by atoms with van der Waals surface area (Å²) in [6.07, 6.45) is 5.24. The summed E-state index contributed by atoms with van der Waals surface area (Å²) in [5, 5.41) is 4.16. The van der Waals surface area contributed by atoms with Crippen LogP contribution in [0.1, 0.15) is 4.11 Å². The van der Waals surface area contributed by atoms with E-state index in [2.05, 4.69) is 10.1 Å². The summed E-state index contributed by atoms with van der Waals surface area (Å²) in [7, 11) is -0.866. The number of halogens is 1. The van der Waals surface area contributed by atoms with Crippen LogP contribution in [0.4, 0.5) is 15.8 Å². The first-order valence-corrected chi connectivity index (χ1v) is 8.95. The number of hydrogen-bond acceptors (Lipinski definition) is 6. The summed E-state index contributed by atoms with van der Waals surface area (Å²) in [5.41, 5.74) is 9.75. The highest BCUT2D eigenvalue weighted by Gasteiger charge is 2.13. The van der Waals surface area contributed by atoms with Gasteiger partial charge in [0, 0.05) is 55.4 Å². The van der Waals surface area contributed by atoms with E-state index in [0.29, 0.717) is 34.6 Å². The Hall–Kier alpha value is -3.52. The normalized spacial score (nSPS) is 13.0. The molecule has 0 atom stereocenters. The van der Waals surface area contributed by atoms with Crippen LogP contribution in [0.5, 0.6) is 5.75 Å². The lowest BCUT2D eigenvalue weighted by Gasteiger charge is -2.25. The molecule has 0 aliphatic rings. The van der Waals surface area contributed by atoms with E-state index in [4.69, 9.17) is 19.6 Å². The third-order valence-electron chi connectivity index (χ3n) is 4.48. The van der Waals surface area contributed by atoms with E-state index in [0.717, 1.165) is 11.6 Å². The molecule has 4 rings (SSSR count). The number of anilines is 2. The smallest absolute Gasteiger partial charge is 0.128 e. The first kappa shape index (κ1) is 15.4. The Kier molecular flexibility index (Phi) is 4.17. The number of nitrogens with two attached hydrogens (primary N) is 1. The maximum absolute atomic E-state index is 14.3. The Balaban J connectivity index is 1.75. The molecule has 0 unspecified atom stereocenters. The lowest BCUT2D eigenvalue weighted by Crippen LogP contribution is -2.25. The minimum absolute atomic E-state index is 0.0959. The van der Waals surface area contributed by atoms with Gasteiger partial charge in [-0.1, -0.05) is 0 Å². The van der Waals surface area contributed by atoms with Gasteiger partial charge in [0.25, 0.3) is 0 Å². The average Bonchev–Trinajstić information content (AvgIpc) is 3.16. The first-order valence-electron chi connectivity index (χ1n) is 10.4. The highest BCUT2D eigenvalue weighted by atomic mass is 19.1. The zero-order chi connectivity index (χ0) is 22.9. The minimum Gasteiger partial charge on any atom is -0.497 e. The highest BCUT2D eigenvalue weighted by Crippen LogP contribution is 2.31. The molecule has 0 aliphatic carbocycles. The van der Waals surface area contributed by atoms with Crippen LogP contribution in [0.15, 0.2) is 55.0 Å². The van der Waals surface area contributed by atoms with Crippen molar-refractivity contribution in [3.63, 3.8) is 0 Å². The molecule has 7 nitrogen and oxygen atoms in total. The summed E-state index contributed by atoms with van der Waals surface area (Å²) in [4.78, 5) is 10.9. The molecule has 0 aliphatic heterocycles. The van der Waals surface area contributed by atoms with Crippen molar-refractivity contribution in [1.29, 1.82) is 0 Å². The Labute approximate surface area is 171 Å². The average molecular weight is 395 g/mol. The van der Waals surface area contributed by atoms with Gasteiger partial charge in [-0.05, 0) is 24.3 Å². The maximum Gasteiger partial charge on any atom is 0.128 e. The first-order chi connectivity index (χ1) is 15.2. The number of hydrogen-bond donors (Lipinski definition) is 1. The number of rotatable bonds is 6. The van der Waals surface area contributed by atoms with Crippen LogP contribution in [0.25, 0.3) is 22.3 Å². The van der Waals surface area contributed by atoms with Gasteiger partial charge in [-0.3, -0.25) is 9.67 Å². The summed E-state index contributed by atoms with van der Waals surface area (Å²) < 4.78 is 42.7. The Bertz CT molecular complexity index is 1260. The van der Waals surface area contributed by atoms with Crippen molar-refractivity contribution in [1.82, 2.24) is 19.7 Å². The molecule has 0 fully saturated rings. The van der Waals surface area contributed by atoms with Crippen LogP contribution in [-0.4, -0.2) is 39.9 Å². The topological polar surface area (TPSA) is 82.1 Å². The van der Waals surface area contributed by atoms with Gasteiger partial charge in [0.15, 0.2) is 0 Å². The zero-order valence-corrected chi connectivity index (χ0v) is 15.7. The van der Waals surface area contributed by atoms with Crippen molar-refractivity contribution in [2.75, 3.05) is 25.0 Å². The highest BCUT2D eigenvalue weighted by molar-refractivity contribution is 5.82. The van der Waals surface area contributed by atoms with Crippen molar-refractivity contribution in [2.24, 2.45) is 12.8 Å². The van der Waals surface area contributed by atoms with Crippen LogP contribution in [-0.2, 0) is 7.05 Å². The van der Waals surface area contributed by atoms with Crippen LogP contribution in [0.3, 0.4) is 0 Å². The quantitative estimate of drug-likeness (QED) is 0.540. The molecule has 29 heavy (non-hydrogen) atoms. The second-order valence-corrected chi connectivity index (χ2v) is 6.52. The molecular formula is C21H21FN6O. The largest absolute Gasteiger partial charge is 0.497 e. The van der Waals surface area contributed by atoms with E-state index in [-0.39, 0.29) is 12.3 Å². The molecule has 0 bridgehead atoms. The molecule has 2 N–H and O–H groups in total. The van der Waals surface area contributed by atoms with Crippen molar-refractivity contribution < 1.29 is 13.2 Å². The predicted octanol–water partition coefficient (Wildman–Crippen LogP) is 3.27. The van der Waals surface area contributed by atoms with E-state index < -0.39 is 12.9 Å². The van der Waals surface area contributed by atoms with Crippen LogP contribution >= 0.6 is 0 Å². The second-order valence-electron chi connectivity index (χ2n) is 6.52. The monoisotopic (exact) mass is 395 g/mol. The van der Waals surface area contributed by atoms with Gasteiger partial charge in [0.1, 0.15) is 11.6 Å². The maximum atomic E-state index is 14.3. The fourth-order valence-corrected chi connectivity index (χ4v) is 3.16. The molecule has 0 amide bonds. The van der Waals surface area contributed by atoms with Crippen molar-refractivity contribution >= 4 is 22.4 Å². The Morgan fingerprint density at radius 1 is 1.17 bits per heavy atom. The van der Waals surface area contributed by atoms with Gasteiger partial charge in [0.2, 0.25) is 0 Å². The number of nitrogens with zero attached hydrogens (tertiary/aromatic N) is 5. The number of fused-ring (bicyclic) bond motifs is 1. The molecule has 8 heteroatoms. The van der Waals surface area contributed by atoms with Gasteiger partial charge in [-0.25, -0.2) is 9.37 Å². The van der Waals surface area contributed by atoms with Crippen molar-refractivity contribution in [3.8, 4) is 17.0 Å². The Morgan fingerprint density at radius 2 is 2.07 bits per heavy atom. The van der Waals surface area contributed by atoms with Crippen molar-refractivity contribution in [3.05, 3.63) is 60.8 Å². The van der Waals surface area contributed by atoms with E-state index in [9.17, 15) is 4.39 Å². The van der Waals surface area contributed by atoms with E-state index in [1.807, 2.05) is 31.4 Å². The molecule has 0 radical (unpaired) electrons. The molecule has 4 aromatic rings. The molecule has 0 spiro atoms. The summed E-state index contributed by atoms with van der Waals surface area (Å²) >= 11 is 0. The fraction of sp³-hybridized carbons (Fsp3) is 0.190. The predicted molar refractivity (Wildman–Crippen MR) is 111 cm³/mol. The number of methoxy groups -OCH3 is 1. The number of aromatic nitrogens is 4. The van der Waals surface area contributed by atoms with E-state index in [1.165, 1.54) is 12.1 Å². The minimum atomic E-state index is -2.69. The standard InChI is InChI=1S/C21H21FN6O/c1-27-13-14(11-25-27)21-12-24-19-4-3-16(10-20(19)26-21)28(6-5-23)17-7-15(22)8-18(9-17)29-2/h3-4,7-13H,5-6,23H2,1-2H3/i2D3. The van der Waals surface area contributed by atoms with Gasteiger partial charge in [-0.2, -0.15) is 5.10 Å². The fourth-order valence-electron chi connectivity index (χ4n) is 3.16. The molecule has 2 aromatic carbocycles. The summed E-state index contributed by atoms with van der Waals surface area (Å²) in [5.74, 6) is -0.718. The van der Waals surface area contributed by atoms with Crippen molar-refractivity contribution in [2.45, 2.75) is 0 Å². The molecular weight excluding hydrogens is 371 g/mol. The number of aryl methyl sites for hydroxylation is 1. The van der Waals surface area contributed by atoms with Gasteiger partial charge in [0.05, 0.1) is 40.3 Å². The molecule has 2 heterocycles. The third-order valence-corrected chi connectivity index (χ3v) is 4.48. The summed E-state index contributed by atoms with van der Waals surface area (Å²) in [6.45, 7) is 0.642.